The summed E-state index contributed by atoms with van der Waals surface area (Å²) in [5.41, 5.74) is 0. The summed E-state index contributed by atoms with van der Waals surface area (Å²) in [6.07, 6.45) is 0.651. The lowest BCUT2D eigenvalue weighted by atomic mass is 10.3. The van der Waals surface area contributed by atoms with E-state index in [1.54, 1.807) is 18.5 Å². The Morgan fingerprint density at radius 3 is 2.53 bits per heavy atom. The normalized spacial score (nSPS) is 13.9. The number of hydrogen-bond acceptors (Lipinski definition) is 3. The third-order valence-electron chi connectivity index (χ3n) is 1.50. The Morgan fingerprint density at radius 2 is 2.00 bits per heavy atom. The molecule has 0 spiro atoms. The van der Waals surface area contributed by atoms with E-state index < -0.39 is 11.0 Å². The first-order valence-electron chi connectivity index (χ1n) is 4.11. The predicted octanol–water partition coefficient (Wildman–Crippen LogP) is 3.28. The van der Waals surface area contributed by atoms with E-state index in [0.29, 0.717) is 5.16 Å². The molecule has 2 nitrogen and oxygen atoms in total. The first kappa shape index (κ1) is 12.8. The molecular formula is C8H8BrF3N2S. The first-order valence-corrected chi connectivity index (χ1v) is 5.88. The number of thioether (sulfide) groups is 1. The summed E-state index contributed by atoms with van der Waals surface area (Å²) in [4.78, 5) is 4.28. The van der Waals surface area contributed by atoms with E-state index in [2.05, 4.69) is 9.97 Å². The van der Waals surface area contributed by atoms with Gasteiger partial charge in [0.05, 0.1) is 0 Å². The van der Waals surface area contributed by atoms with Gasteiger partial charge in [-0.05, 0) is 28.4 Å². The van der Waals surface area contributed by atoms with Gasteiger partial charge in [-0.25, -0.2) is 14.4 Å². The van der Waals surface area contributed by atoms with Crippen LogP contribution in [0.25, 0.3) is 0 Å². The standard InChI is InChI=1S/C8H8BrF3N2S/c9-8(11,12)6(10)2-5-15-7-13-3-1-4-14-7/h1,3-4,6H,2,5H2. The van der Waals surface area contributed by atoms with Gasteiger partial charge in [-0.15, -0.1) is 0 Å². The van der Waals surface area contributed by atoms with E-state index in [9.17, 15) is 13.2 Å². The van der Waals surface area contributed by atoms with Crippen LogP contribution in [0.15, 0.2) is 23.6 Å². The third kappa shape index (κ3) is 4.83. The van der Waals surface area contributed by atoms with Crippen LogP contribution in [0.3, 0.4) is 0 Å². The van der Waals surface area contributed by atoms with Crippen molar-refractivity contribution in [3.05, 3.63) is 18.5 Å². The average Bonchev–Trinajstić information content (AvgIpc) is 2.18. The Hall–Kier alpha value is -0.300. The van der Waals surface area contributed by atoms with Crippen LogP contribution < -0.4 is 0 Å². The maximum atomic E-state index is 12.8. The maximum absolute atomic E-state index is 12.8. The molecule has 1 atom stereocenters. The molecule has 1 unspecified atom stereocenters. The molecule has 1 aromatic rings. The molecule has 1 rings (SSSR count). The molecule has 0 aliphatic rings. The molecule has 0 aromatic carbocycles. The molecule has 1 heterocycles. The molecule has 0 amide bonds. The van der Waals surface area contributed by atoms with Crippen molar-refractivity contribution in [2.45, 2.75) is 22.6 Å². The number of nitrogens with zero attached hydrogens (tertiary/aromatic N) is 2. The summed E-state index contributed by atoms with van der Waals surface area (Å²) in [6, 6.07) is 1.65. The summed E-state index contributed by atoms with van der Waals surface area (Å²) < 4.78 is 37.4. The van der Waals surface area contributed by atoms with Crippen molar-refractivity contribution in [3.8, 4) is 0 Å². The van der Waals surface area contributed by atoms with E-state index >= 15 is 0 Å². The summed E-state index contributed by atoms with van der Waals surface area (Å²) in [5, 5.41) is 0.461. The van der Waals surface area contributed by atoms with Crippen molar-refractivity contribution >= 4 is 27.7 Å². The van der Waals surface area contributed by atoms with Gasteiger partial charge in [0.25, 0.3) is 0 Å². The number of aromatic nitrogens is 2. The highest BCUT2D eigenvalue weighted by atomic mass is 79.9. The van der Waals surface area contributed by atoms with Crippen molar-refractivity contribution in [1.82, 2.24) is 9.97 Å². The molecule has 1 aromatic heterocycles. The van der Waals surface area contributed by atoms with Gasteiger partial charge in [-0.1, -0.05) is 11.8 Å². The molecule has 84 valence electrons. The smallest absolute Gasteiger partial charge is 0.240 e. The van der Waals surface area contributed by atoms with Crippen LogP contribution in [0, 0.1) is 0 Å². The fraction of sp³-hybridized carbons (Fsp3) is 0.500. The van der Waals surface area contributed by atoms with Crippen LogP contribution in [0.2, 0.25) is 0 Å². The molecule has 7 heteroatoms. The fourth-order valence-corrected chi connectivity index (χ4v) is 1.78. The van der Waals surface area contributed by atoms with Crippen LogP contribution in [-0.4, -0.2) is 26.7 Å². The maximum Gasteiger partial charge on any atom is 0.331 e. The van der Waals surface area contributed by atoms with Crippen LogP contribution in [-0.2, 0) is 0 Å². The zero-order chi connectivity index (χ0) is 11.3. The number of rotatable bonds is 5. The predicted molar refractivity (Wildman–Crippen MR) is 56.1 cm³/mol. The first-order chi connectivity index (χ1) is 7.00. The van der Waals surface area contributed by atoms with E-state index in [4.69, 9.17) is 0 Å². The van der Waals surface area contributed by atoms with Gasteiger partial charge in [0.15, 0.2) is 11.3 Å². The van der Waals surface area contributed by atoms with Crippen LogP contribution in [0.4, 0.5) is 13.2 Å². The Morgan fingerprint density at radius 1 is 1.40 bits per heavy atom. The van der Waals surface area contributed by atoms with E-state index in [1.165, 1.54) is 0 Å². The molecular weight excluding hydrogens is 293 g/mol. The SMILES string of the molecule is FC(CCSc1ncccn1)C(F)(F)Br. The van der Waals surface area contributed by atoms with Crippen LogP contribution >= 0.6 is 27.7 Å². The Kier molecular flexibility index (Phi) is 4.85. The Labute approximate surface area is 97.8 Å². The average molecular weight is 301 g/mol. The van der Waals surface area contributed by atoms with E-state index in [-0.39, 0.29) is 12.2 Å². The van der Waals surface area contributed by atoms with Gasteiger partial charge in [0, 0.05) is 18.1 Å². The van der Waals surface area contributed by atoms with Crippen LogP contribution in [0.1, 0.15) is 6.42 Å². The number of halogens is 4. The Balaban J connectivity index is 2.28. The van der Waals surface area contributed by atoms with Gasteiger partial charge in [0.1, 0.15) is 0 Å². The van der Waals surface area contributed by atoms with Gasteiger partial charge in [0.2, 0.25) is 0 Å². The third-order valence-corrected chi connectivity index (χ3v) is 2.91. The lowest BCUT2D eigenvalue weighted by Gasteiger charge is -2.12. The monoisotopic (exact) mass is 300 g/mol. The molecule has 15 heavy (non-hydrogen) atoms. The minimum atomic E-state index is -3.45. The molecule has 0 aliphatic carbocycles. The highest BCUT2D eigenvalue weighted by Gasteiger charge is 2.36. The van der Waals surface area contributed by atoms with E-state index in [1.807, 2.05) is 15.9 Å². The fourth-order valence-electron chi connectivity index (χ4n) is 0.777. The Bertz CT molecular complexity index is 294. The summed E-state index contributed by atoms with van der Waals surface area (Å²) >= 11 is 3.13. The van der Waals surface area contributed by atoms with Crippen molar-refractivity contribution in [2.75, 3.05) is 5.75 Å². The zero-order valence-electron chi connectivity index (χ0n) is 7.54. The van der Waals surface area contributed by atoms with E-state index in [0.717, 1.165) is 11.8 Å². The summed E-state index contributed by atoms with van der Waals surface area (Å²) in [5.74, 6) is 0.215. The topological polar surface area (TPSA) is 25.8 Å². The quantitative estimate of drug-likeness (QED) is 0.474. The van der Waals surface area contributed by atoms with Gasteiger partial charge in [-0.2, -0.15) is 8.78 Å². The number of hydrogen-bond donors (Lipinski definition) is 0. The van der Waals surface area contributed by atoms with Crippen molar-refractivity contribution in [1.29, 1.82) is 0 Å². The van der Waals surface area contributed by atoms with Crippen molar-refractivity contribution in [3.63, 3.8) is 0 Å². The second-order valence-electron chi connectivity index (χ2n) is 2.68. The second-order valence-corrected chi connectivity index (χ2v) is 4.80. The van der Waals surface area contributed by atoms with Crippen LogP contribution in [0.5, 0.6) is 0 Å². The molecule has 0 bridgehead atoms. The van der Waals surface area contributed by atoms with Crippen molar-refractivity contribution < 1.29 is 13.2 Å². The largest absolute Gasteiger partial charge is 0.331 e. The van der Waals surface area contributed by atoms with Gasteiger partial charge < -0.3 is 0 Å². The molecule has 0 radical (unpaired) electrons. The molecule has 0 fully saturated rings. The second kappa shape index (κ2) is 5.69. The number of alkyl halides is 4. The summed E-state index contributed by atoms with van der Waals surface area (Å²) in [6.45, 7) is 0. The molecule has 0 saturated heterocycles. The van der Waals surface area contributed by atoms with Gasteiger partial charge in [-0.3, -0.25) is 0 Å². The summed E-state index contributed by atoms with van der Waals surface area (Å²) in [7, 11) is 0. The highest BCUT2D eigenvalue weighted by molar-refractivity contribution is 9.10. The minimum Gasteiger partial charge on any atom is -0.240 e. The lowest BCUT2D eigenvalue weighted by molar-refractivity contribution is 0.0210. The lowest BCUT2D eigenvalue weighted by Crippen LogP contribution is -2.22. The zero-order valence-corrected chi connectivity index (χ0v) is 9.94. The molecule has 0 aliphatic heterocycles. The molecule has 0 N–H and O–H groups in total. The van der Waals surface area contributed by atoms with Crippen molar-refractivity contribution in [2.24, 2.45) is 0 Å². The highest BCUT2D eigenvalue weighted by Crippen LogP contribution is 2.31. The molecule has 0 saturated carbocycles. The minimum absolute atomic E-state index is 0.215. The van der Waals surface area contributed by atoms with Gasteiger partial charge >= 0.3 is 4.83 Å².